The van der Waals surface area contributed by atoms with Gasteiger partial charge in [-0.25, -0.2) is 4.68 Å². The van der Waals surface area contributed by atoms with Crippen molar-refractivity contribution >= 4 is 17.7 Å². The van der Waals surface area contributed by atoms with Crippen molar-refractivity contribution in [3.05, 3.63) is 16.0 Å². The summed E-state index contributed by atoms with van der Waals surface area (Å²) in [6.45, 7) is 1.47. The lowest BCUT2D eigenvalue weighted by molar-refractivity contribution is -0.118. The maximum absolute atomic E-state index is 11.1. The molecule has 0 unspecified atom stereocenters. The van der Waals surface area contributed by atoms with Crippen LogP contribution in [0.25, 0.3) is 0 Å². The molecule has 1 rings (SSSR count). The summed E-state index contributed by atoms with van der Waals surface area (Å²) < 4.78 is 1.32. The number of carbonyl (C=O) groups excluding carboxylic acids is 1. The number of nitrogens with two attached hydrogens (primary N) is 1. The first-order valence-corrected chi connectivity index (χ1v) is 5.05. The largest absolute Gasteiger partial charge is 0.368 e. The summed E-state index contributed by atoms with van der Waals surface area (Å²) in [4.78, 5) is 25.5. The van der Waals surface area contributed by atoms with Gasteiger partial charge in [0.05, 0.1) is 0 Å². The molecule has 0 aromatic carbocycles. The molecule has 1 amide bonds. The molecule has 6 nitrogen and oxygen atoms in total. The Hall–Kier alpha value is -1.37. The van der Waals surface area contributed by atoms with Crippen LogP contribution in [0.3, 0.4) is 0 Å². The molecule has 0 aliphatic carbocycles. The van der Waals surface area contributed by atoms with Gasteiger partial charge in [-0.1, -0.05) is 11.8 Å². The van der Waals surface area contributed by atoms with Gasteiger partial charge >= 0.3 is 0 Å². The van der Waals surface area contributed by atoms with Crippen LogP contribution >= 0.6 is 11.8 Å². The molecule has 0 saturated heterocycles. The molecule has 14 heavy (non-hydrogen) atoms. The van der Waals surface area contributed by atoms with E-state index < -0.39 is 5.91 Å². The predicted octanol–water partition coefficient (Wildman–Crippen LogP) is -0.846. The molecule has 2 N–H and O–H groups in total. The molecule has 1 heterocycles. The van der Waals surface area contributed by atoms with Crippen molar-refractivity contribution < 1.29 is 4.79 Å². The lowest BCUT2D eigenvalue weighted by Crippen LogP contribution is -2.26. The number of hydrogen-bond acceptors (Lipinski definition) is 5. The highest BCUT2D eigenvalue weighted by atomic mass is 32.2. The Labute approximate surface area is 84.5 Å². The van der Waals surface area contributed by atoms with Crippen LogP contribution in [-0.2, 0) is 11.3 Å². The monoisotopic (exact) mass is 214 g/mol. The Morgan fingerprint density at radius 2 is 2.29 bits per heavy atom. The molecule has 7 heteroatoms. The van der Waals surface area contributed by atoms with E-state index in [4.69, 9.17) is 5.73 Å². The van der Waals surface area contributed by atoms with E-state index >= 15 is 0 Å². The number of carbonyl (C=O) groups is 1. The minimum atomic E-state index is -0.516. The van der Waals surface area contributed by atoms with E-state index in [2.05, 4.69) is 10.1 Å². The van der Waals surface area contributed by atoms with Gasteiger partial charge in [-0.15, -0.1) is 0 Å². The van der Waals surface area contributed by atoms with E-state index in [-0.39, 0.29) is 17.8 Å². The van der Waals surface area contributed by atoms with Gasteiger partial charge in [0.1, 0.15) is 12.2 Å². The zero-order valence-corrected chi connectivity index (χ0v) is 8.67. The third-order valence-electron chi connectivity index (χ3n) is 1.49. The van der Waals surface area contributed by atoms with Gasteiger partial charge in [-0.2, -0.15) is 10.1 Å². The number of amides is 1. The third-order valence-corrected chi connectivity index (χ3v) is 2.15. The minimum Gasteiger partial charge on any atom is -0.368 e. The Morgan fingerprint density at radius 3 is 2.79 bits per heavy atom. The number of aryl methyl sites for hydroxylation is 1. The van der Waals surface area contributed by atoms with Crippen LogP contribution in [0.15, 0.2) is 9.95 Å². The van der Waals surface area contributed by atoms with Crippen molar-refractivity contribution in [2.75, 3.05) is 6.26 Å². The molecule has 0 saturated carbocycles. The Balaban J connectivity index is 3.20. The van der Waals surface area contributed by atoms with Crippen LogP contribution in [0.1, 0.15) is 5.69 Å². The van der Waals surface area contributed by atoms with E-state index in [0.717, 1.165) is 0 Å². The zero-order valence-electron chi connectivity index (χ0n) is 7.85. The summed E-state index contributed by atoms with van der Waals surface area (Å²) >= 11 is 1.24. The molecule has 1 aromatic rings. The molecule has 0 aliphatic rings. The fourth-order valence-corrected chi connectivity index (χ4v) is 1.38. The van der Waals surface area contributed by atoms with Crippen molar-refractivity contribution in [2.45, 2.75) is 18.6 Å². The van der Waals surface area contributed by atoms with E-state index in [1.54, 1.807) is 6.26 Å². The Kier molecular flexibility index (Phi) is 3.23. The lowest BCUT2D eigenvalue weighted by atomic mass is 10.5. The van der Waals surface area contributed by atoms with Crippen molar-refractivity contribution in [1.29, 1.82) is 0 Å². The maximum atomic E-state index is 11.1. The van der Waals surface area contributed by atoms with Crippen molar-refractivity contribution in [3.63, 3.8) is 0 Å². The number of nitrogens with zero attached hydrogens (tertiary/aromatic N) is 3. The first kappa shape index (κ1) is 10.7. The predicted molar refractivity (Wildman–Crippen MR) is 52.0 cm³/mol. The average molecular weight is 214 g/mol. The molecule has 0 radical (unpaired) electrons. The standard InChI is InChI=1S/C7H10N4O2S/c1-4-6(13)9-7(14-2)11(10-4)3-5(8)12/h3H2,1-2H3,(H2,8,12). The molecule has 0 atom stereocenters. The van der Waals surface area contributed by atoms with E-state index in [0.29, 0.717) is 5.16 Å². The van der Waals surface area contributed by atoms with Crippen molar-refractivity contribution in [2.24, 2.45) is 5.73 Å². The fraction of sp³-hybridized carbons (Fsp3) is 0.429. The molecule has 0 fully saturated rings. The quantitative estimate of drug-likeness (QED) is 0.662. The molecule has 1 aromatic heterocycles. The zero-order chi connectivity index (χ0) is 10.7. The Morgan fingerprint density at radius 1 is 1.64 bits per heavy atom. The van der Waals surface area contributed by atoms with Gasteiger partial charge < -0.3 is 5.73 Å². The second-order valence-corrected chi connectivity index (χ2v) is 3.39. The molecular formula is C7H10N4O2S. The summed E-state index contributed by atoms with van der Waals surface area (Å²) in [6.07, 6.45) is 1.75. The van der Waals surface area contributed by atoms with Gasteiger partial charge in [0.2, 0.25) is 5.91 Å². The number of rotatable bonds is 3. The summed E-state index contributed by atoms with van der Waals surface area (Å²) in [5.74, 6) is -0.516. The van der Waals surface area contributed by atoms with Crippen LogP contribution in [0.5, 0.6) is 0 Å². The van der Waals surface area contributed by atoms with E-state index in [1.807, 2.05) is 0 Å². The molecule has 0 aliphatic heterocycles. The minimum absolute atomic E-state index is 0.0652. The van der Waals surface area contributed by atoms with E-state index in [9.17, 15) is 9.59 Å². The highest BCUT2D eigenvalue weighted by molar-refractivity contribution is 7.98. The van der Waals surface area contributed by atoms with E-state index in [1.165, 1.54) is 23.4 Å². The maximum Gasteiger partial charge on any atom is 0.295 e. The van der Waals surface area contributed by atoms with Crippen LogP contribution < -0.4 is 11.3 Å². The van der Waals surface area contributed by atoms with Crippen LogP contribution in [0.4, 0.5) is 0 Å². The first-order chi connectivity index (χ1) is 6.54. The van der Waals surface area contributed by atoms with Crippen molar-refractivity contribution in [3.8, 4) is 0 Å². The second-order valence-electron chi connectivity index (χ2n) is 2.61. The lowest BCUT2D eigenvalue weighted by Gasteiger charge is -2.06. The highest BCUT2D eigenvalue weighted by Crippen LogP contribution is 2.07. The topological polar surface area (TPSA) is 90.9 Å². The summed E-state index contributed by atoms with van der Waals surface area (Å²) in [6, 6.07) is 0. The summed E-state index contributed by atoms with van der Waals surface area (Å²) in [5, 5.41) is 4.29. The fourth-order valence-electron chi connectivity index (χ4n) is 0.894. The molecule has 76 valence electrons. The second kappa shape index (κ2) is 4.23. The van der Waals surface area contributed by atoms with Crippen LogP contribution in [-0.4, -0.2) is 26.9 Å². The number of primary amides is 1. The molecular weight excluding hydrogens is 204 g/mol. The van der Waals surface area contributed by atoms with Gasteiger partial charge in [0, 0.05) is 0 Å². The smallest absolute Gasteiger partial charge is 0.295 e. The number of thioether (sulfide) groups is 1. The summed E-state index contributed by atoms with van der Waals surface area (Å²) in [5.41, 5.74) is 4.90. The highest BCUT2D eigenvalue weighted by Gasteiger charge is 2.07. The average Bonchev–Trinajstić information content (AvgIpc) is 2.10. The normalized spacial score (nSPS) is 10.1. The SMILES string of the molecule is CSc1nc(=O)c(C)nn1CC(N)=O. The van der Waals surface area contributed by atoms with Gasteiger partial charge in [0.25, 0.3) is 5.56 Å². The third kappa shape index (κ3) is 2.32. The summed E-state index contributed by atoms with van der Waals surface area (Å²) in [7, 11) is 0. The van der Waals surface area contributed by atoms with Gasteiger partial charge in [0.15, 0.2) is 5.16 Å². The van der Waals surface area contributed by atoms with Gasteiger partial charge in [-0.3, -0.25) is 9.59 Å². The number of hydrogen-bond donors (Lipinski definition) is 1. The number of aromatic nitrogens is 3. The first-order valence-electron chi connectivity index (χ1n) is 3.82. The Bertz CT molecular complexity index is 415. The van der Waals surface area contributed by atoms with Crippen LogP contribution in [0.2, 0.25) is 0 Å². The van der Waals surface area contributed by atoms with Gasteiger partial charge in [-0.05, 0) is 13.2 Å². The van der Waals surface area contributed by atoms with Crippen LogP contribution in [0, 0.1) is 6.92 Å². The molecule has 0 bridgehead atoms. The molecule has 0 spiro atoms. The van der Waals surface area contributed by atoms with Crippen molar-refractivity contribution in [1.82, 2.24) is 14.8 Å².